The number of carbonyl (C=O) groups excluding carboxylic acids is 1. The van der Waals surface area contributed by atoms with Gasteiger partial charge in [0.2, 0.25) is 0 Å². The van der Waals surface area contributed by atoms with Crippen LogP contribution in [0.5, 0.6) is 5.75 Å². The highest BCUT2D eigenvalue weighted by Gasteiger charge is 2.11. The summed E-state index contributed by atoms with van der Waals surface area (Å²) >= 11 is 0. The molecule has 0 spiro atoms. The molecule has 7 nitrogen and oxygen atoms in total. The Morgan fingerprint density at radius 2 is 1.89 bits per heavy atom. The number of anilines is 1. The van der Waals surface area contributed by atoms with Crippen molar-refractivity contribution in [3.05, 3.63) is 95.4 Å². The van der Waals surface area contributed by atoms with Crippen molar-refractivity contribution in [2.45, 2.75) is 20.0 Å². The van der Waals surface area contributed by atoms with E-state index in [1.807, 2.05) is 60.1 Å². The lowest BCUT2D eigenvalue weighted by molar-refractivity contribution is 0.0384. The fraction of sp³-hybridized carbons (Fsp3) is 0.286. The van der Waals surface area contributed by atoms with Gasteiger partial charge in [-0.2, -0.15) is 0 Å². The number of aromatic nitrogens is 2. The number of aryl methyl sites for hydroxylation is 1. The normalized spacial score (nSPS) is 14.2. The minimum Gasteiger partial charge on any atom is -0.487 e. The molecule has 1 saturated heterocycles. The Bertz CT molecular complexity index is 1290. The van der Waals surface area contributed by atoms with Gasteiger partial charge in [0.25, 0.3) is 5.91 Å². The lowest BCUT2D eigenvalue weighted by atomic mass is 10.1. The van der Waals surface area contributed by atoms with Gasteiger partial charge in [0.1, 0.15) is 18.0 Å². The zero-order valence-corrected chi connectivity index (χ0v) is 19.9. The van der Waals surface area contributed by atoms with Crippen molar-refractivity contribution in [1.29, 1.82) is 0 Å². The highest BCUT2D eigenvalue weighted by molar-refractivity contribution is 6.04. The number of hydrogen-bond donors (Lipinski definition) is 1. The molecule has 180 valence electrons. The number of rotatable bonds is 8. The molecule has 2 aromatic carbocycles. The molecule has 3 heterocycles. The van der Waals surface area contributed by atoms with E-state index < -0.39 is 0 Å². The first-order chi connectivity index (χ1) is 17.1. The average molecular weight is 471 g/mol. The number of nitrogens with zero attached hydrogens (tertiary/aromatic N) is 3. The number of benzene rings is 2. The fourth-order valence-electron chi connectivity index (χ4n) is 4.18. The molecule has 0 bridgehead atoms. The molecular weight excluding hydrogens is 440 g/mol. The van der Waals surface area contributed by atoms with Crippen LogP contribution in [-0.4, -0.2) is 53.0 Å². The summed E-state index contributed by atoms with van der Waals surface area (Å²) in [5, 5.41) is 2.98. The second-order valence-electron chi connectivity index (χ2n) is 8.88. The number of amides is 1. The number of ether oxygens (including phenoxy) is 2. The summed E-state index contributed by atoms with van der Waals surface area (Å²) in [6.07, 6.45) is 4.98. The topological polar surface area (TPSA) is 68.1 Å². The Labute approximate surface area is 205 Å². The quantitative estimate of drug-likeness (QED) is 0.415. The smallest absolute Gasteiger partial charge is 0.255 e. The number of pyridine rings is 1. The van der Waals surface area contributed by atoms with Crippen LogP contribution in [0.3, 0.4) is 0 Å². The van der Waals surface area contributed by atoms with Crippen LogP contribution in [-0.2, 0) is 17.8 Å². The van der Waals surface area contributed by atoms with E-state index in [0.29, 0.717) is 17.9 Å². The summed E-state index contributed by atoms with van der Waals surface area (Å²) in [6, 6.07) is 19.3. The third kappa shape index (κ3) is 6.07. The minimum atomic E-state index is -0.167. The van der Waals surface area contributed by atoms with Gasteiger partial charge in [0.05, 0.1) is 18.9 Å². The van der Waals surface area contributed by atoms with Gasteiger partial charge in [-0.1, -0.05) is 24.3 Å². The molecule has 1 amide bonds. The molecule has 7 heteroatoms. The van der Waals surface area contributed by atoms with Gasteiger partial charge in [0, 0.05) is 43.3 Å². The van der Waals surface area contributed by atoms with E-state index in [2.05, 4.69) is 27.3 Å². The van der Waals surface area contributed by atoms with Gasteiger partial charge in [-0.15, -0.1) is 0 Å². The second kappa shape index (κ2) is 10.7. The molecule has 0 saturated carbocycles. The van der Waals surface area contributed by atoms with E-state index in [-0.39, 0.29) is 5.91 Å². The molecule has 2 aromatic heterocycles. The maximum Gasteiger partial charge on any atom is 0.255 e. The highest BCUT2D eigenvalue weighted by atomic mass is 16.5. The monoisotopic (exact) mass is 470 g/mol. The molecule has 1 aliphatic heterocycles. The van der Waals surface area contributed by atoms with E-state index in [4.69, 9.17) is 9.47 Å². The van der Waals surface area contributed by atoms with Crippen molar-refractivity contribution in [3.63, 3.8) is 0 Å². The maximum absolute atomic E-state index is 12.8. The SMILES string of the molecule is Cc1ccc2nc(COc3cccc(C(=O)Nc4ccc(CCN5CCOCC5)cc4)c3)cn2c1. The fourth-order valence-corrected chi connectivity index (χ4v) is 4.18. The first kappa shape index (κ1) is 23.1. The number of hydrogen-bond acceptors (Lipinski definition) is 5. The third-order valence-electron chi connectivity index (χ3n) is 6.16. The first-order valence-corrected chi connectivity index (χ1v) is 12.0. The van der Waals surface area contributed by atoms with Crippen LogP contribution in [0.15, 0.2) is 73.1 Å². The predicted octanol–water partition coefficient (Wildman–Crippen LogP) is 4.35. The molecule has 5 rings (SSSR count). The molecule has 0 aliphatic carbocycles. The van der Waals surface area contributed by atoms with Gasteiger partial charge in [-0.3, -0.25) is 9.69 Å². The lowest BCUT2D eigenvalue weighted by Crippen LogP contribution is -2.37. The van der Waals surface area contributed by atoms with Crippen molar-refractivity contribution in [2.75, 3.05) is 38.2 Å². The van der Waals surface area contributed by atoms with Gasteiger partial charge in [-0.25, -0.2) is 4.98 Å². The van der Waals surface area contributed by atoms with E-state index in [1.54, 1.807) is 12.1 Å². The van der Waals surface area contributed by atoms with Crippen molar-refractivity contribution in [1.82, 2.24) is 14.3 Å². The summed E-state index contributed by atoms with van der Waals surface area (Å²) in [6.45, 7) is 7.03. The zero-order chi connectivity index (χ0) is 24.0. The molecule has 0 unspecified atom stereocenters. The lowest BCUT2D eigenvalue weighted by Gasteiger charge is -2.26. The molecule has 0 atom stereocenters. The summed E-state index contributed by atoms with van der Waals surface area (Å²) < 4.78 is 13.3. The molecule has 35 heavy (non-hydrogen) atoms. The maximum atomic E-state index is 12.8. The number of imidazole rings is 1. The van der Waals surface area contributed by atoms with Crippen LogP contribution < -0.4 is 10.1 Å². The van der Waals surface area contributed by atoms with Gasteiger partial charge < -0.3 is 19.2 Å². The molecule has 4 aromatic rings. The van der Waals surface area contributed by atoms with Crippen LogP contribution in [0.2, 0.25) is 0 Å². The Balaban J connectivity index is 1.15. The second-order valence-corrected chi connectivity index (χ2v) is 8.88. The molecule has 0 radical (unpaired) electrons. The summed E-state index contributed by atoms with van der Waals surface area (Å²) in [7, 11) is 0. The molecule has 1 fully saturated rings. The Kier molecular flexibility index (Phi) is 7.07. The van der Waals surface area contributed by atoms with E-state index in [1.165, 1.54) is 11.1 Å². The highest BCUT2D eigenvalue weighted by Crippen LogP contribution is 2.18. The molecule has 1 N–H and O–H groups in total. The Hall–Kier alpha value is -3.68. The zero-order valence-electron chi connectivity index (χ0n) is 19.9. The average Bonchev–Trinajstić information content (AvgIpc) is 3.30. The number of fused-ring (bicyclic) bond motifs is 1. The van der Waals surface area contributed by atoms with Crippen molar-refractivity contribution >= 4 is 17.2 Å². The third-order valence-corrected chi connectivity index (χ3v) is 6.16. The van der Waals surface area contributed by atoms with Crippen LogP contribution in [0, 0.1) is 6.92 Å². The van der Waals surface area contributed by atoms with E-state index >= 15 is 0 Å². The Morgan fingerprint density at radius 3 is 2.71 bits per heavy atom. The first-order valence-electron chi connectivity index (χ1n) is 12.0. The number of carbonyl (C=O) groups is 1. The summed E-state index contributed by atoms with van der Waals surface area (Å²) in [4.78, 5) is 19.8. The summed E-state index contributed by atoms with van der Waals surface area (Å²) in [5.74, 6) is 0.462. The van der Waals surface area contributed by atoms with Crippen molar-refractivity contribution in [2.24, 2.45) is 0 Å². The van der Waals surface area contributed by atoms with Crippen LogP contribution in [0.4, 0.5) is 5.69 Å². The number of morpholine rings is 1. The summed E-state index contributed by atoms with van der Waals surface area (Å²) in [5.41, 5.74) is 5.46. The molecule has 1 aliphatic rings. The Morgan fingerprint density at radius 1 is 1.06 bits per heavy atom. The van der Waals surface area contributed by atoms with Crippen LogP contribution in [0.1, 0.15) is 27.2 Å². The van der Waals surface area contributed by atoms with Crippen molar-refractivity contribution < 1.29 is 14.3 Å². The minimum absolute atomic E-state index is 0.167. The molecular formula is C28H30N4O3. The van der Waals surface area contributed by atoms with Gasteiger partial charge >= 0.3 is 0 Å². The predicted molar refractivity (Wildman–Crippen MR) is 136 cm³/mol. The van der Waals surface area contributed by atoms with Crippen molar-refractivity contribution in [3.8, 4) is 5.75 Å². The van der Waals surface area contributed by atoms with Crippen LogP contribution >= 0.6 is 0 Å². The van der Waals surface area contributed by atoms with Gasteiger partial charge in [-0.05, 0) is 60.9 Å². The van der Waals surface area contributed by atoms with Crippen LogP contribution in [0.25, 0.3) is 5.65 Å². The number of nitrogens with one attached hydrogen (secondary N) is 1. The van der Waals surface area contributed by atoms with E-state index in [0.717, 1.165) is 56.3 Å². The standard InChI is InChI=1S/C28H30N4O3/c1-21-5-10-27-29-25(19-32(27)18-21)20-35-26-4-2-3-23(17-26)28(33)30-24-8-6-22(7-9-24)11-12-31-13-15-34-16-14-31/h2-10,17-19H,11-16,20H2,1H3,(H,30,33). The van der Waals surface area contributed by atoms with E-state index in [9.17, 15) is 4.79 Å². The largest absolute Gasteiger partial charge is 0.487 e. The van der Waals surface area contributed by atoms with Gasteiger partial charge in [0.15, 0.2) is 0 Å².